The normalized spacial score (nSPS) is 21.3. The Morgan fingerprint density at radius 2 is 2.07 bits per heavy atom. The van der Waals surface area contributed by atoms with Crippen LogP contribution in [0.15, 0.2) is 23.2 Å². The van der Waals surface area contributed by atoms with E-state index in [1.807, 2.05) is 0 Å². The second kappa shape index (κ2) is 4.09. The van der Waals surface area contributed by atoms with Crippen molar-refractivity contribution in [1.29, 1.82) is 0 Å². The van der Waals surface area contributed by atoms with Crippen LogP contribution >= 0.6 is 0 Å². The smallest absolute Gasteiger partial charge is 0.159 e. The van der Waals surface area contributed by atoms with Gasteiger partial charge in [-0.25, -0.2) is 8.78 Å². The molecule has 0 aliphatic carbocycles. The molecule has 1 aromatic rings. The highest BCUT2D eigenvalue weighted by Gasteiger charge is 2.14. The third kappa shape index (κ3) is 2.22. The van der Waals surface area contributed by atoms with Gasteiger partial charge in [-0.2, -0.15) is 0 Å². The number of hydrogen-bond acceptors (Lipinski definition) is 1. The van der Waals surface area contributed by atoms with Gasteiger partial charge < -0.3 is 0 Å². The van der Waals surface area contributed by atoms with Crippen LogP contribution in [-0.2, 0) is 0 Å². The summed E-state index contributed by atoms with van der Waals surface area (Å²) in [4.78, 5) is 4.38. The van der Waals surface area contributed by atoms with Crippen molar-refractivity contribution in [3.8, 4) is 0 Å². The van der Waals surface area contributed by atoms with E-state index in [0.29, 0.717) is 11.5 Å². The molecule has 0 amide bonds. The van der Waals surface area contributed by atoms with Crippen molar-refractivity contribution in [3.05, 3.63) is 35.4 Å². The molecule has 0 N–H and O–H groups in total. The molecule has 1 unspecified atom stereocenters. The number of halogens is 2. The van der Waals surface area contributed by atoms with Crippen molar-refractivity contribution in [2.24, 2.45) is 10.9 Å². The molecule has 0 radical (unpaired) electrons. The highest BCUT2D eigenvalue weighted by atomic mass is 19.2. The standard InChI is InChI=1S/C12H13F2N/c1-8-2-5-12(15-7-8)9-3-4-10(13)11(14)6-9/h3-4,6,8H,2,5,7H2,1H3. The second-order valence-corrected chi connectivity index (χ2v) is 4.06. The van der Waals surface area contributed by atoms with Crippen molar-refractivity contribution in [2.45, 2.75) is 19.8 Å². The molecular weight excluding hydrogens is 196 g/mol. The maximum atomic E-state index is 13.0. The number of benzene rings is 1. The molecule has 0 spiro atoms. The van der Waals surface area contributed by atoms with Gasteiger partial charge in [-0.1, -0.05) is 13.0 Å². The Morgan fingerprint density at radius 1 is 1.27 bits per heavy atom. The van der Waals surface area contributed by atoms with Crippen LogP contribution in [0.25, 0.3) is 0 Å². The summed E-state index contributed by atoms with van der Waals surface area (Å²) < 4.78 is 25.7. The van der Waals surface area contributed by atoms with Gasteiger partial charge in [-0.05, 0) is 36.5 Å². The molecule has 1 heterocycles. The Kier molecular flexibility index (Phi) is 2.80. The van der Waals surface area contributed by atoms with Gasteiger partial charge in [-0.15, -0.1) is 0 Å². The van der Waals surface area contributed by atoms with Crippen molar-refractivity contribution in [2.75, 3.05) is 6.54 Å². The Morgan fingerprint density at radius 3 is 2.67 bits per heavy atom. The van der Waals surface area contributed by atoms with Crippen LogP contribution in [0.2, 0.25) is 0 Å². The van der Waals surface area contributed by atoms with E-state index in [9.17, 15) is 8.78 Å². The summed E-state index contributed by atoms with van der Waals surface area (Å²) in [6.45, 7) is 2.93. The molecule has 0 saturated carbocycles. The lowest BCUT2D eigenvalue weighted by Crippen LogP contribution is -2.14. The molecule has 1 aliphatic rings. The molecule has 3 heteroatoms. The van der Waals surface area contributed by atoms with E-state index in [1.165, 1.54) is 6.07 Å². The van der Waals surface area contributed by atoms with E-state index >= 15 is 0 Å². The first-order chi connectivity index (χ1) is 7.16. The van der Waals surface area contributed by atoms with Gasteiger partial charge in [0.05, 0.1) is 0 Å². The molecule has 80 valence electrons. The maximum absolute atomic E-state index is 13.0. The van der Waals surface area contributed by atoms with Gasteiger partial charge in [0.2, 0.25) is 0 Å². The fourth-order valence-electron chi connectivity index (χ4n) is 1.73. The molecule has 1 atom stereocenters. The van der Waals surface area contributed by atoms with Crippen LogP contribution in [-0.4, -0.2) is 12.3 Å². The Labute approximate surface area is 87.8 Å². The Hall–Kier alpha value is -1.25. The zero-order chi connectivity index (χ0) is 10.8. The fourth-order valence-corrected chi connectivity index (χ4v) is 1.73. The van der Waals surface area contributed by atoms with Crippen LogP contribution in [0.1, 0.15) is 25.3 Å². The number of hydrogen-bond donors (Lipinski definition) is 0. The van der Waals surface area contributed by atoms with Crippen LogP contribution in [0.4, 0.5) is 8.78 Å². The van der Waals surface area contributed by atoms with E-state index in [2.05, 4.69) is 11.9 Å². The lowest BCUT2D eigenvalue weighted by atomic mass is 9.96. The minimum absolute atomic E-state index is 0.596. The van der Waals surface area contributed by atoms with Crippen LogP contribution in [0, 0.1) is 17.6 Å². The third-order valence-electron chi connectivity index (χ3n) is 2.72. The van der Waals surface area contributed by atoms with Gasteiger partial charge >= 0.3 is 0 Å². The maximum Gasteiger partial charge on any atom is 0.159 e. The summed E-state index contributed by atoms with van der Waals surface area (Å²) in [5.74, 6) is -1.00. The summed E-state index contributed by atoms with van der Waals surface area (Å²) >= 11 is 0. The molecule has 1 nitrogen and oxygen atoms in total. The zero-order valence-corrected chi connectivity index (χ0v) is 8.63. The average Bonchev–Trinajstić information content (AvgIpc) is 2.23. The summed E-state index contributed by atoms with van der Waals surface area (Å²) in [7, 11) is 0. The van der Waals surface area contributed by atoms with Crippen LogP contribution in [0.3, 0.4) is 0 Å². The van der Waals surface area contributed by atoms with Crippen molar-refractivity contribution in [1.82, 2.24) is 0 Å². The molecule has 0 fully saturated rings. The first kappa shape index (κ1) is 10.3. The molecule has 2 rings (SSSR count). The minimum atomic E-state index is -0.802. The first-order valence-electron chi connectivity index (χ1n) is 5.15. The third-order valence-corrected chi connectivity index (χ3v) is 2.72. The monoisotopic (exact) mass is 209 g/mol. The lowest BCUT2D eigenvalue weighted by molar-refractivity contribution is 0.507. The predicted octanol–water partition coefficient (Wildman–Crippen LogP) is 3.18. The fraction of sp³-hybridized carbons (Fsp3) is 0.417. The van der Waals surface area contributed by atoms with E-state index < -0.39 is 11.6 Å². The van der Waals surface area contributed by atoms with Crippen LogP contribution < -0.4 is 0 Å². The highest BCUT2D eigenvalue weighted by molar-refractivity contribution is 6.00. The molecule has 15 heavy (non-hydrogen) atoms. The topological polar surface area (TPSA) is 12.4 Å². The van der Waals surface area contributed by atoms with Gasteiger partial charge in [0.25, 0.3) is 0 Å². The number of aliphatic imine (C=N–C) groups is 1. The van der Waals surface area contributed by atoms with Crippen molar-refractivity contribution >= 4 is 5.71 Å². The highest BCUT2D eigenvalue weighted by Crippen LogP contribution is 2.19. The number of rotatable bonds is 1. The SMILES string of the molecule is CC1CCC(c2ccc(F)c(F)c2)=NC1. The van der Waals surface area contributed by atoms with Crippen molar-refractivity contribution < 1.29 is 8.78 Å². The van der Waals surface area contributed by atoms with Gasteiger partial charge in [0.1, 0.15) is 0 Å². The summed E-state index contributed by atoms with van der Waals surface area (Å²) in [6, 6.07) is 3.97. The summed E-state index contributed by atoms with van der Waals surface area (Å²) in [5.41, 5.74) is 1.60. The van der Waals surface area contributed by atoms with Gasteiger partial charge in [0, 0.05) is 12.3 Å². The molecule has 0 aromatic heterocycles. The number of nitrogens with zero attached hydrogens (tertiary/aromatic N) is 1. The molecule has 1 aliphatic heterocycles. The predicted molar refractivity (Wildman–Crippen MR) is 56.2 cm³/mol. The Balaban J connectivity index is 2.26. The van der Waals surface area contributed by atoms with Crippen molar-refractivity contribution in [3.63, 3.8) is 0 Å². The second-order valence-electron chi connectivity index (χ2n) is 4.06. The van der Waals surface area contributed by atoms with Gasteiger partial charge in [0.15, 0.2) is 11.6 Å². The summed E-state index contributed by atoms with van der Waals surface area (Å²) in [5, 5.41) is 0. The van der Waals surface area contributed by atoms with E-state index in [4.69, 9.17) is 0 Å². The molecular formula is C12H13F2N. The minimum Gasteiger partial charge on any atom is -0.289 e. The molecule has 0 bridgehead atoms. The quantitative estimate of drug-likeness (QED) is 0.673. The van der Waals surface area contributed by atoms with Crippen LogP contribution in [0.5, 0.6) is 0 Å². The molecule has 1 aromatic carbocycles. The zero-order valence-electron chi connectivity index (χ0n) is 8.63. The largest absolute Gasteiger partial charge is 0.289 e. The van der Waals surface area contributed by atoms with Gasteiger partial charge in [-0.3, -0.25) is 4.99 Å². The average molecular weight is 209 g/mol. The first-order valence-corrected chi connectivity index (χ1v) is 5.15. The molecule has 0 saturated heterocycles. The van der Waals surface area contributed by atoms with E-state index in [-0.39, 0.29) is 0 Å². The van der Waals surface area contributed by atoms with E-state index in [1.54, 1.807) is 6.07 Å². The summed E-state index contributed by atoms with van der Waals surface area (Å²) in [6.07, 6.45) is 1.92. The van der Waals surface area contributed by atoms with E-state index in [0.717, 1.165) is 31.2 Å². The lowest BCUT2D eigenvalue weighted by Gasteiger charge is -2.17. The Bertz CT molecular complexity index is 399.